The Hall–Kier alpha value is -3.35. The van der Waals surface area contributed by atoms with Gasteiger partial charge in [-0.25, -0.2) is 4.79 Å². The summed E-state index contributed by atoms with van der Waals surface area (Å²) in [6, 6.07) is 7.13. The number of nitrogens with one attached hydrogen (secondary N) is 2. The maximum atomic E-state index is 14.1. The molecule has 1 saturated heterocycles. The molecular weight excluding hydrogens is 652 g/mol. The van der Waals surface area contributed by atoms with Gasteiger partial charge in [-0.1, -0.05) is 71.4 Å². The molecule has 3 amide bonds. The van der Waals surface area contributed by atoms with Crippen molar-refractivity contribution in [3.8, 4) is 0 Å². The molecule has 8 atom stereocenters. The summed E-state index contributed by atoms with van der Waals surface area (Å²) < 4.78 is 11.8. The second kappa shape index (κ2) is 20.0. The van der Waals surface area contributed by atoms with Crippen LogP contribution in [-0.4, -0.2) is 115 Å². The van der Waals surface area contributed by atoms with E-state index in [4.69, 9.17) is 9.47 Å². The highest BCUT2D eigenvalue weighted by molar-refractivity contribution is 5.92. The maximum absolute atomic E-state index is 14.1. The number of benzene rings is 1. The Balaban J connectivity index is 2.26. The van der Waals surface area contributed by atoms with Gasteiger partial charge in [0, 0.05) is 46.6 Å². The van der Waals surface area contributed by atoms with Crippen LogP contribution in [0.1, 0.15) is 86.1 Å². The first kappa shape index (κ1) is 43.8. The van der Waals surface area contributed by atoms with Crippen LogP contribution >= 0.6 is 0 Å². The van der Waals surface area contributed by atoms with Crippen LogP contribution in [-0.2, 0) is 39.9 Å². The Kier molecular flexibility index (Phi) is 17.2. The lowest BCUT2D eigenvalue weighted by molar-refractivity contribution is -0.149. The second-order valence-electron chi connectivity index (χ2n) is 15.0. The van der Waals surface area contributed by atoms with Gasteiger partial charge in [0.1, 0.15) is 6.04 Å². The molecule has 51 heavy (non-hydrogen) atoms. The number of likely N-dealkylation sites (tertiary alicyclic amines) is 1. The lowest BCUT2D eigenvalue weighted by atomic mass is 9.83. The number of hydrogen-bond donors (Lipinski definition) is 3. The van der Waals surface area contributed by atoms with E-state index in [9.17, 15) is 29.1 Å². The normalized spacial score (nSPS) is 19.1. The molecule has 12 nitrogen and oxygen atoms in total. The molecule has 1 aromatic rings. The monoisotopic (exact) mass is 716 g/mol. The molecule has 1 fully saturated rings. The molecule has 0 bridgehead atoms. The van der Waals surface area contributed by atoms with Crippen molar-refractivity contribution in [2.24, 2.45) is 23.7 Å². The summed E-state index contributed by atoms with van der Waals surface area (Å²) in [7, 11) is 6.51. The van der Waals surface area contributed by atoms with Gasteiger partial charge in [-0.2, -0.15) is 0 Å². The van der Waals surface area contributed by atoms with Gasteiger partial charge in [-0.15, -0.1) is 0 Å². The number of carboxylic acid groups (broad SMARTS) is 1. The summed E-state index contributed by atoms with van der Waals surface area (Å²) in [5.41, 5.74) is 0.0178. The topological polar surface area (TPSA) is 155 Å². The third-order valence-electron chi connectivity index (χ3n) is 11.0. The van der Waals surface area contributed by atoms with Crippen molar-refractivity contribution in [3.05, 3.63) is 35.9 Å². The molecule has 1 heterocycles. The molecule has 0 saturated carbocycles. The molecule has 12 heteroatoms. The Morgan fingerprint density at radius 3 is 2.16 bits per heavy atom. The van der Waals surface area contributed by atoms with Crippen LogP contribution in [0.4, 0.5) is 0 Å². The van der Waals surface area contributed by atoms with Crippen LogP contribution < -0.4 is 10.6 Å². The number of carbonyl (C=O) groups is 5. The molecule has 0 aliphatic carbocycles. The van der Waals surface area contributed by atoms with Crippen molar-refractivity contribution in [2.75, 3.05) is 34.9 Å². The minimum Gasteiger partial charge on any atom is -0.480 e. The number of hydrogen-bond acceptors (Lipinski definition) is 8. The SMILES string of the molecule is CC[C@H](C)[C@@H]([C@@H](CC(=O)N1CCC[C@H]1[C@H](OC)[C@@H](C)C(=O)N[C@@H](Cc1ccccc1)C(=O)O)OC)N(C)C(=O)[C@@H](CC(=O)C(C)(C)NC)C(C)C. The summed E-state index contributed by atoms with van der Waals surface area (Å²) in [6.45, 7) is 13.7. The van der Waals surface area contributed by atoms with Crippen LogP contribution in [0.2, 0.25) is 0 Å². The van der Waals surface area contributed by atoms with Crippen molar-refractivity contribution < 1.29 is 38.6 Å². The van der Waals surface area contributed by atoms with E-state index >= 15 is 0 Å². The first-order valence-corrected chi connectivity index (χ1v) is 18.4. The first-order valence-electron chi connectivity index (χ1n) is 18.4. The van der Waals surface area contributed by atoms with Gasteiger partial charge in [0.25, 0.3) is 0 Å². The van der Waals surface area contributed by atoms with E-state index in [1.165, 1.54) is 7.11 Å². The van der Waals surface area contributed by atoms with Crippen LogP contribution in [0.15, 0.2) is 30.3 Å². The van der Waals surface area contributed by atoms with Gasteiger partial charge in [-0.05, 0) is 51.1 Å². The fourth-order valence-electron chi connectivity index (χ4n) is 7.12. The highest BCUT2D eigenvalue weighted by Crippen LogP contribution is 2.31. The first-order chi connectivity index (χ1) is 23.9. The van der Waals surface area contributed by atoms with Crippen LogP contribution in [0, 0.1) is 23.7 Å². The Bertz CT molecular complexity index is 1310. The minimum atomic E-state index is -1.14. The molecule has 0 unspecified atom stereocenters. The zero-order valence-electron chi connectivity index (χ0n) is 32.7. The predicted octanol–water partition coefficient (Wildman–Crippen LogP) is 3.95. The largest absolute Gasteiger partial charge is 0.480 e. The van der Waals surface area contributed by atoms with Gasteiger partial charge in [0.05, 0.1) is 42.2 Å². The fraction of sp³-hybridized carbons (Fsp3) is 0.718. The van der Waals surface area contributed by atoms with Crippen LogP contribution in [0.3, 0.4) is 0 Å². The number of nitrogens with zero attached hydrogens (tertiary/aromatic N) is 2. The maximum Gasteiger partial charge on any atom is 0.326 e. The highest BCUT2D eigenvalue weighted by atomic mass is 16.5. The summed E-state index contributed by atoms with van der Waals surface area (Å²) in [4.78, 5) is 70.3. The summed E-state index contributed by atoms with van der Waals surface area (Å²) in [5.74, 6) is -3.37. The van der Waals surface area contributed by atoms with Gasteiger partial charge >= 0.3 is 5.97 Å². The fourth-order valence-corrected chi connectivity index (χ4v) is 7.12. The smallest absolute Gasteiger partial charge is 0.326 e. The zero-order valence-corrected chi connectivity index (χ0v) is 32.7. The van der Waals surface area contributed by atoms with E-state index in [1.807, 2.05) is 58.0 Å². The number of methoxy groups -OCH3 is 2. The Morgan fingerprint density at radius 2 is 1.65 bits per heavy atom. The summed E-state index contributed by atoms with van der Waals surface area (Å²) in [6.07, 6.45) is 1.00. The van der Waals surface area contributed by atoms with E-state index in [2.05, 4.69) is 10.6 Å². The lowest BCUT2D eigenvalue weighted by Gasteiger charge is -2.41. The highest BCUT2D eigenvalue weighted by Gasteiger charge is 2.43. The molecule has 1 aliphatic heterocycles. The number of carbonyl (C=O) groups excluding carboxylic acids is 4. The minimum absolute atomic E-state index is 0.00681. The third kappa shape index (κ3) is 11.6. The van der Waals surface area contributed by atoms with E-state index < -0.39 is 59.6 Å². The molecule has 2 rings (SSSR count). The molecule has 0 radical (unpaired) electrons. The van der Waals surface area contributed by atoms with Crippen LogP contribution in [0.5, 0.6) is 0 Å². The van der Waals surface area contributed by atoms with E-state index in [-0.39, 0.29) is 48.7 Å². The number of likely N-dealkylation sites (N-methyl/N-ethyl adjacent to an activating group) is 2. The Labute approximate surface area is 305 Å². The van der Waals surface area contributed by atoms with Gasteiger partial charge < -0.3 is 35.0 Å². The third-order valence-corrected chi connectivity index (χ3v) is 11.0. The zero-order chi connectivity index (χ0) is 38.6. The lowest BCUT2D eigenvalue weighted by Crippen LogP contribution is -2.55. The van der Waals surface area contributed by atoms with E-state index in [0.717, 1.165) is 12.0 Å². The number of ketones is 1. The average molecular weight is 717 g/mol. The average Bonchev–Trinajstić information content (AvgIpc) is 3.59. The van der Waals surface area contributed by atoms with Crippen LogP contribution in [0.25, 0.3) is 0 Å². The van der Waals surface area contributed by atoms with Gasteiger partial charge in [0.15, 0.2) is 5.78 Å². The van der Waals surface area contributed by atoms with Crippen molar-refractivity contribution in [2.45, 2.75) is 123 Å². The van der Waals surface area contributed by atoms with Crippen molar-refractivity contribution in [3.63, 3.8) is 0 Å². The summed E-state index contributed by atoms with van der Waals surface area (Å²) >= 11 is 0. The number of ether oxygens (including phenoxy) is 2. The number of Topliss-reactive ketones (excluding diaryl/α,β-unsaturated/α-hetero) is 1. The molecule has 3 N–H and O–H groups in total. The second-order valence-corrected chi connectivity index (χ2v) is 15.0. The van der Waals surface area contributed by atoms with Gasteiger partial charge in [-0.3, -0.25) is 19.2 Å². The molecule has 288 valence electrons. The molecule has 1 aromatic carbocycles. The van der Waals surface area contributed by atoms with Crippen molar-refractivity contribution >= 4 is 29.5 Å². The quantitative estimate of drug-likeness (QED) is 0.172. The molecule has 0 aromatic heterocycles. The number of aliphatic carboxylic acids is 1. The number of amides is 3. The van der Waals surface area contributed by atoms with Gasteiger partial charge in [0.2, 0.25) is 17.7 Å². The summed E-state index contributed by atoms with van der Waals surface area (Å²) in [5, 5.41) is 15.6. The molecular formula is C39H64N4O8. The Morgan fingerprint density at radius 1 is 1.02 bits per heavy atom. The van der Waals surface area contributed by atoms with Crippen molar-refractivity contribution in [1.82, 2.24) is 20.4 Å². The van der Waals surface area contributed by atoms with E-state index in [1.54, 1.807) is 51.8 Å². The van der Waals surface area contributed by atoms with E-state index in [0.29, 0.717) is 19.4 Å². The number of carboxylic acids is 1. The standard InChI is InChI=1S/C39H64N4O8/c1-12-25(4)34(42(9)37(47)28(24(2)3)22-32(44)39(6,7)40-8)31(50-10)23-33(45)43-20-16-19-30(43)35(51-11)26(5)36(46)41-29(38(48)49)21-27-17-14-13-15-18-27/h13-15,17-18,24-26,28-31,34-35,40H,12,16,19-23H2,1-11H3,(H,41,46)(H,48,49)/t25-,26+,28-,29-,30-,31+,34-,35+/m0/s1. The molecule has 1 aliphatic rings. The number of rotatable bonds is 21. The predicted molar refractivity (Wildman–Crippen MR) is 197 cm³/mol. The molecule has 0 spiro atoms. The van der Waals surface area contributed by atoms with Crippen molar-refractivity contribution in [1.29, 1.82) is 0 Å².